The van der Waals surface area contributed by atoms with Crippen LogP contribution in [0.3, 0.4) is 0 Å². The van der Waals surface area contributed by atoms with Crippen molar-refractivity contribution in [1.82, 2.24) is 9.88 Å². The Morgan fingerprint density at radius 1 is 0.909 bits per heavy atom. The number of benzene rings is 3. The highest BCUT2D eigenvalue weighted by Gasteiger charge is 2.33. The molecule has 0 saturated carbocycles. The SMILES string of the molecule is N=c1cc(NC2CCN(CC(F)(F)F)CC2)c2cc(C(c3ccc(Cl)cc3)c3ccc(Cl)cc3)cc(N3CCCC3=O)c2[nH]1. The number of hydrogen-bond acceptors (Lipinski definition) is 4. The summed E-state index contributed by atoms with van der Waals surface area (Å²) in [4.78, 5) is 19.5. The number of pyridine rings is 1. The third kappa shape index (κ3) is 6.75. The minimum absolute atomic E-state index is 0.0216. The highest BCUT2D eigenvalue weighted by atomic mass is 35.5. The van der Waals surface area contributed by atoms with E-state index >= 15 is 0 Å². The molecule has 2 saturated heterocycles. The molecule has 4 aromatic rings. The fraction of sp³-hybridized carbons (Fsp3) is 0.333. The zero-order chi connectivity index (χ0) is 31.0. The molecule has 0 bridgehead atoms. The number of aromatic amines is 1. The maximum atomic E-state index is 13.1. The van der Waals surface area contributed by atoms with Gasteiger partial charge < -0.3 is 15.2 Å². The largest absolute Gasteiger partial charge is 0.401 e. The van der Waals surface area contributed by atoms with E-state index in [1.165, 1.54) is 4.90 Å². The van der Waals surface area contributed by atoms with Crippen LogP contribution in [0.1, 0.15) is 48.3 Å². The van der Waals surface area contributed by atoms with Crippen LogP contribution < -0.4 is 15.7 Å². The number of carbonyl (C=O) groups excluding carboxylic acids is 1. The fourth-order valence-corrected chi connectivity index (χ4v) is 6.64. The van der Waals surface area contributed by atoms with Crippen LogP contribution >= 0.6 is 23.2 Å². The molecule has 0 spiro atoms. The number of nitrogens with one attached hydrogen (secondary N) is 3. The first-order chi connectivity index (χ1) is 21.0. The van der Waals surface area contributed by atoms with Crippen LogP contribution in [0.2, 0.25) is 10.0 Å². The number of halogens is 5. The second kappa shape index (κ2) is 12.5. The topological polar surface area (TPSA) is 75.2 Å². The van der Waals surface area contributed by atoms with Crippen molar-refractivity contribution in [3.8, 4) is 0 Å². The van der Waals surface area contributed by atoms with Crippen LogP contribution in [0.25, 0.3) is 10.9 Å². The number of alkyl halides is 3. The van der Waals surface area contributed by atoms with E-state index in [2.05, 4.69) is 16.4 Å². The molecule has 44 heavy (non-hydrogen) atoms. The van der Waals surface area contributed by atoms with Gasteiger partial charge in [0.1, 0.15) is 5.49 Å². The number of fused-ring (bicyclic) bond motifs is 1. The van der Waals surface area contributed by atoms with Crippen molar-refractivity contribution in [3.63, 3.8) is 0 Å². The maximum absolute atomic E-state index is 13.1. The average Bonchev–Trinajstić information content (AvgIpc) is 3.41. The van der Waals surface area contributed by atoms with Crippen LogP contribution in [0.4, 0.5) is 24.5 Å². The molecule has 1 amide bonds. The predicted octanol–water partition coefficient (Wildman–Crippen LogP) is 7.70. The fourth-order valence-electron chi connectivity index (χ4n) is 6.38. The molecule has 3 N–H and O–H groups in total. The van der Waals surface area contributed by atoms with E-state index in [-0.39, 0.29) is 23.4 Å². The number of aromatic nitrogens is 1. The molecule has 0 radical (unpaired) electrons. The summed E-state index contributed by atoms with van der Waals surface area (Å²) in [5, 5.41) is 14.2. The molecule has 0 unspecified atom stereocenters. The molecule has 0 aliphatic carbocycles. The van der Waals surface area contributed by atoms with E-state index in [1.54, 1.807) is 11.0 Å². The number of nitrogens with zero attached hydrogens (tertiary/aromatic N) is 2. The van der Waals surface area contributed by atoms with Crippen molar-refractivity contribution in [3.05, 3.63) is 99.0 Å². The van der Waals surface area contributed by atoms with Gasteiger partial charge in [0, 0.05) is 65.2 Å². The van der Waals surface area contributed by atoms with Crippen LogP contribution in [0, 0.1) is 5.41 Å². The molecule has 230 valence electrons. The van der Waals surface area contributed by atoms with E-state index in [9.17, 15) is 18.0 Å². The smallest absolute Gasteiger partial charge is 0.382 e. The molecular formula is C33H32Cl2F3N5O. The van der Waals surface area contributed by atoms with Gasteiger partial charge in [0.25, 0.3) is 0 Å². The second-order valence-electron chi connectivity index (χ2n) is 11.6. The lowest BCUT2D eigenvalue weighted by molar-refractivity contribution is -0.147. The molecule has 6 rings (SSSR count). The molecular weight excluding hydrogens is 610 g/mol. The zero-order valence-corrected chi connectivity index (χ0v) is 25.4. The van der Waals surface area contributed by atoms with Crippen molar-refractivity contribution >= 4 is 51.4 Å². The Labute approximate surface area is 263 Å². The van der Waals surface area contributed by atoms with Crippen molar-refractivity contribution < 1.29 is 18.0 Å². The number of carbonyl (C=O) groups is 1. The molecule has 1 aromatic heterocycles. The van der Waals surface area contributed by atoms with Gasteiger partial charge in [0.2, 0.25) is 5.91 Å². The molecule has 0 atom stereocenters. The quantitative estimate of drug-likeness (QED) is 0.181. The van der Waals surface area contributed by atoms with E-state index in [4.69, 9.17) is 28.6 Å². The molecule has 3 aromatic carbocycles. The van der Waals surface area contributed by atoms with Gasteiger partial charge >= 0.3 is 6.18 Å². The number of likely N-dealkylation sites (tertiary alicyclic amines) is 1. The predicted molar refractivity (Wildman–Crippen MR) is 169 cm³/mol. The molecule has 6 nitrogen and oxygen atoms in total. The molecule has 2 fully saturated rings. The summed E-state index contributed by atoms with van der Waals surface area (Å²) in [6.45, 7) is 0.319. The van der Waals surface area contributed by atoms with Gasteiger partial charge in [-0.1, -0.05) is 47.5 Å². The molecule has 2 aliphatic heterocycles. The summed E-state index contributed by atoms with van der Waals surface area (Å²) in [5.74, 6) is -0.201. The Morgan fingerprint density at radius 2 is 1.52 bits per heavy atom. The number of anilines is 2. The molecule has 3 heterocycles. The van der Waals surface area contributed by atoms with Crippen molar-refractivity contribution in [2.75, 3.05) is 36.4 Å². The number of hydrogen-bond donors (Lipinski definition) is 3. The summed E-state index contributed by atoms with van der Waals surface area (Å²) in [7, 11) is 0. The van der Waals surface area contributed by atoms with E-state index in [1.807, 2.05) is 54.6 Å². The van der Waals surface area contributed by atoms with Crippen LogP contribution in [-0.2, 0) is 4.79 Å². The Hall–Kier alpha value is -3.53. The zero-order valence-electron chi connectivity index (χ0n) is 23.9. The Balaban J connectivity index is 1.47. The van der Waals surface area contributed by atoms with E-state index in [0.717, 1.165) is 28.5 Å². The van der Waals surface area contributed by atoms with Gasteiger partial charge in [0.05, 0.1) is 17.7 Å². The average molecular weight is 643 g/mol. The first-order valence-electron chi connectivity index (χ1n) is 14.7. The number of amides is 1. The highest BCUT2D eigenvalue weighted by molar-refractivity contribution is 6.30. The van der Waals surface area contributed by atoms with Gasteiger partial charge in [-0.3, -0.25) is 15.1 Å². The minimum Gasteiger partial charge on any atom is -0.382 e. The van der Waals surface area contributed by atoms with Gasteiger partial charge in [-0.2, -0.15) is 13.2 Å². The number of piperidine rings is 1. The first-order valence-corrected chi connectivity index (χ1v) is 15.4. The van der Waals surface area contributed by atoms with Gasteiger partial charge in [-0.25, -0.2) is 0 Å². The monoisotopic (exact) mass is 641 g/mol. The van der Waals surface area contributed by atoms with Crippen LogP contribution in [-0.4, -0.2) is 54.2 Å². The summed E-state index contributed by atoms with van der Waals surface area (Å²) >= 11 is 12.5. The normalized spacial score (nSPS) is 16.8. The first kappa shape index (κ1) is 30.5. The minimum atomic E-state index is -4.23. The molecule has 11 heteroatoms. The summed E-state index contributed by atoms with van der Waals surface area (Å²) in [6.07, 6.45) is -1.95. The van der Waals surface area contributed by atoms with E-state index in [0.29, 0.717) is 65.8 Å². The standard InChI is InChI=1S/C33H32Cl2F3N5O/c34-23-7-3-20(4-8-23)31(21-5-9-24(35)10-6-21)22-16-26-27(40-25-11-14-42(15-12-25)19-33(36,37)38)18-29(39)41-32(26)28(17-22)43-13-1-2-30(43)44/h3-10,16-18,25,31H,1-2,11-15,19H2,(H3,39,40,41). The van der Waals surface area contributed by atoms with Crippen LogP contribution in [0.5, 0.6) is 0 Å². The van der Waals surface area contributed by atoms with Crippen molar-refractivity contribution in [1.29, 1.82) is 5.41 Å². The number of H-pyrrole nitrogens is 1. The molecule has 2 aliphatic rings. The maximum Gasteiger partial charge on any atom is 0.401 e. The Bertz CT molecular complexity index is 1670. The van der Waals surface area contributed by atoms with Crippen molar-refractivity contribution in [2.45, 2.75) is 43.8 Å². The van der Waals surface area contributed by atoms with Gasteiger partial charge in [0.15, 0.2) is 0 Å². The Kier molecular flexibility index (Phi) is 8.64. The van der Waals surface area contributed by atoms with Gasteiger partial charge in [-0.05, 0) is 72.4 Å². The van der Waals surface area contributed by atoms with E-state index < -0.39 is 12.7 Å². The Morgan fingerprint density at radius 3 is 2.07 bits per heavy atom. The lowest BCUT2D eigenvalue weighted by atomic mass is 9.84. The lowest BCUT2D eigenvalue weighted by Crippen LogP contribution is -2.43. The third-order valence-electron chi connectivity index (χ3n) is 8.43. The third-order valence-corrected chi connectivity index (χ3v) is 8.94. The summed E-state index contributed by atoms with van der Waals surface area (Å²) in [5.41, 5.74) is 5.18. The summed E-state index contributed by atoms with van der Waals surface area (Å²) < 4.78 is 38.9. The lowest BCUT2D eigenvalue weighted by Gasteiger charge is -2.33. The number of rotatable bonds is 7. The second-order valence-corrected chi connectivity index (χ2v) is 12.4. The van der Waals surface area contributed by atoms with Gasteiger partial charge in [-0.15, -0.1) is 0 Å². The summed E-state index contributed by atoms with van der Waals surface area (Å²) in [6, 6.07) is 21.1. The highest BCUT2D eigenvalue weighted by Crippen LogP contribution is 2.40. The van der Waals surface area contributed by atoms with Crippen molar-refractivity contribution in [2.24, 2.45) is 0 Å². The van der Waals surface area contributed by atoms with Crippen LogP contribution in [0.15, 0.2) is 66.7 Å².